The molecule has 0 saturated carbocycles. The van der Waals surface area contributed by atoms with Crippen LogP contribution in [0, 0.1) is 0 Å². The highest BCUT2D eigenvalue weighted by molar-refractivity contribution is 8.93. The van der Waals surface area contributed by atoms with Gasteiger partial charge in [-0.25, -0.2) is 0 Å². The Balaban J connectivity index is 0. The van der Waals surface area contributed by atoms with Gasteiger partial charge in [0.1, 0.15) is 0 Å². The zero-order chi connectivity index (χ0) is 15.8. The zero-order valence-corrected chi connectivity index (χ0v) is 17.9. The van der Waals surface area contributed by atoms with Crippen molar-refractivity contribution in [3.05, 3.63) is 0 Å². The van der Waals surface area contributed by atoms with E-state index in [1.165, 1.54) is 83.5 Å². The first-order valence-corrected chi connectivity index (χ1v) is 9.98. The highest BCUT2D eigenvalue weighted by Gasteiger charge is 2.09. The topological polar surface area (TPSA) is 3.24 Å². The molecule has 0 aliphatic carbocycles. The minimum Gasteiger partial charge on any atom is -0.306 e. The lowest BCUT2D eigenvalue weighted by Gasteiger charge is -2.24. The van der Waals surface area contributed by atoms with E-state index in [9.17, 15) is 0 Å². The minimum atomic E-state index is 0. The number of hydrogen-bond acceptors (Lipinski definition) is 1. The molecular weight excluding hydrogens is 358 g/mol. The second kappa shape index (κ2) is 19.8. The van der Waals surface area contributed by atoms with Gasteiger partial charge in [0.2, 0.25) is 0 Å². The first kappa shape index (κ1) is 25.0. The summed E-state index contributed by atoms with van der Waals surface area (Å²) in [5.74, 6) is 0.808. The molecule has 0 bridgehead atoms. The summed E-state index contributed by atoms with van der Waals surface area (Å²) < 4.78 is 0. The molecule has 0 aliphatic rings. The molecule has 0 radical (unpaired) electrons. The van der Waals surface area contributed by atoms with Crippen molar-refractivity contribution in [3.63, 3.8) is 0 Å². The van der Waals surface area contributed by atoms with Crippen LogP contribution in [0.15, 0.2) is 0 Å². The van der Waals surface area contributed by atoms with Gasteiger partial charge >= 0.3 is 0 Å². The number of hydrogen-bond donors (Lipinski definition) is 0. The lowest BCUT2D eigenvalue weighted by Crippen LogP contribution is -2.27. The van der Waals surface area contributed by atoms with Crippen LogP contribution in [0.25, 0.3) is 0 Å². The van der Waals surface area contributed by atoms with Crippen molar-refractivity contribution in [2.24, 2.45) is 0 Å². The van der Waals surface area contributed by atoms with E-state index < -0.39 is 0 Å². The Hall–Kier alpha value is 0.730. The normalized spacial score (nSPS) is 12.4. The van der Waals surface area contributed by atoms with Crippen LogP contribution in [0.5, 0.6) is 0 Å². The summed E-state index contributed by atoms with van der Waals surface area (Å²) in [4.78, 5) is 2.38. The summed E-state index contributed by atoms with van der Waals surface area (Å²) >= 11 is 5.80. The Morgan fingerprint density at radius 3 is 1.50 bits per heavy atom. The van der Waals surface area contributed by atoms with Crippen molar-refractivity contribution < 1.29 is 0 Å². The summed E-state index contributed by atoms with van der Waals surface area (Å²) in [6.07, 6.45) is 19.5. The number of halogens is 2. The van der Waals surface area contributed by atoms with Crippen LogP contribution in [-0.2, 0) is 0 Å². The monoisotopic (exact) mass is 397 g/mol. The molecule has 0 spiro atoms. The first-order chi connectivity index (χ1) is 10.2. The number of rotatable bonds is 16. The number of unbranched alkanes of at least 4 members (excludes halogenated alkanes) is 10. The Kier molecular flexibility index (Phi) is 22.5. The molecule has 1 unspecified atom stereocenters. The first-order valence-electron chi connectivity index (χ1n) is 9.44. The van der Waals surface area contributed by atoms with Gasteiger partial charge in [-0.05, 0) is 33.4 Å². The van der Waals surface area contributed by atoms with Crippen LogP contribution in [0.2, 0.25) is 0 Å². The second-order valence-corrected chi connectivity index (χ2v) is 7.15. The van der Waals surface area contributed by atoms with Crippen molar-refractivity contribution in [2.45, 2.75) is 103 Å². The van der Waals surface area contributed by atoms with Crippen LogP contribution in [0.1, 0.15) is 96.8 Å². The molecule has 0 amide bonds. The van der Waals surface area contributed by atoms with Crippen LogP contribution in [0.4, 0.5) is 0 Å². The fraction of sp³-hybridized carbons (Fsp3) is 1.00. The van der Waals surface area contributed by atoms with Crippen LogP contribution in [-0.4, -0.2) is 30.9 Å². The predicted molar refractivity (Wildman–Crippen MR) is 109 cm³/mol. The van der Waals surface area contributed by atoms with E-state index in [1.54, 1.807) is 0 Å². The summed E-state index contributed by atoms with van der Waals surface area (Å²) in [5, 5.41) is 0. The molecule has 0 N–H and O–H groups in total. The molecule has 22 heavy (non-hydrogen) atoms. The van der Waals surface area contributed by atoms with Gasteiger partial charge in [-0.1, -0.05) is 77.6 Å². The van der Waals surface area contributed by atoms with E-state index in [1.807, 2.05) is 0 Å². The molecule has 0 fully saturated rings. The van der Waals surface area contributed by atoms with Gasteiger partial charge in [-0.2, -0.15) is 0 Å². The number of nitrogens with zero attached hydrogens (tertiary/aromatic N) is 1. The minimum absolute atomic E-state index is 0. The largest absolute Gasteiger partial charge is 0.306 e. The molecule has 0 saturated heterocycles. The van der Waals surface area contributed by atoms with Crippen LogP contribution < -0.4 is 0 Å². The van der Waals surface area contributed by atoms with Crippen LogP contribution >= 0.6 is 28.6 Å². The van der Waals surface area contributed by atoms with Gasteiger partial charge in [-0.3, -0.25) is 0 Å². The third-order valence-electron chi connectivity index (χ3n) is 4.54. The average Bonchev–Trinajstić information content (AvgIpc) is 2.47. The summed E-state index contributed by atoms with van der Waals surface area (Å²) in [5.41, 5.74) is 0. The smallest absolute Gasteiger partial charge is 0.0224 e. The Morgan fingerprint density at radius 2 is 1.09 bits per heavy atom. The molecule has 0 aromatic carbocycles. The van der Waals surface area contributed by atoms with E-state index >= 15 is 0 Å². The third kappa shape index (κ3) is 17.1. The summed E-state index contributed by atoms with van der Waals surface area (Å²) in [6, 6.07) is 0.738. The van der Waals surface area contributed by atoms with E-state index in [-0.39, 0.29) is 17.0 Å². The summed E-state index contributed by atoms with van der Waals surface area (Å²) in [7, 11) is 4.41. The van der Waals surface area contributed by atoms with Gasteiger partial charge in [0.15, 0.2) is 0 Å². The van der Waals surface area contributed by atoms with Crippen molar-refractivity contribution in [1.29, 1.82) is 0 Å². The lowest BCUT2D eigenvalue weighted by atomic mass is 10.0. The predicted octanol–water partition coefficient (Wildman–Crippen LogP) is 7.21. The van der Waals surface area contributed by atoms with E-state index in [0.717, 1.165) is 18.3 Å². The maximum Gasteiger partial charge on any atom is 0.0224 e. The summed E-state index contributed by atoms with van der Waals surface area (Å²) in [6.45, 7) is 2.29. The van der Waals surface area contributed by atoms with Gasteiger partial charge in [0.25, 0.3) is 0 Å². The highest BCUT2D eigenvalue weighted by Crippen LogP contribution is 2.15. The molecule has 136 valence electrons. The maximum atomic E-state index is 5.80. The maximum absolute atomic E-state index is 5.80. The average molecular weight is 399 g/mol. The van der Waals surface area contributed by atoms with Gasteiger partial charge in [0.05, 0.1) is 0 Å². The molecule has 0 aromatic rings. The Labute approximate surface area is 156 Å². The Morgan fingerprint density at radius 1 is 0.682 bits per heavy atom. The molecule has 1 atom stereocenters. The van der Waals surface area contributed by atoms with Gasteiger partial charge in [-0.15, -0.1) is 28.6 Å². The molecule has 1 nitrogen and oxygen atoms in total. The van der Waals surface area contributed by atoms with Gasteiger partial charge in [0, 0.05) is 11.9 Å². The fourth-order valence-corrected chi connectivity index (χ4v) is 3.17. The van der Waals surface area contributed by atoms with Gasteiger partial charge < -0.3 is 4.90 Å². The van der Waals surface area contributed by atoms with Crippen molar-refractivity contribution in [3.8, 4) is 0 Å². The molecule has 0 aliphatic heterocycles. The van der Waals surface area contributed by atoms with Crippen molar-refractivity contribution >= 4 is 28.6 Å². The van der Waals surface area contributed by atoms with E-state index in [0.29, 0.717) is 0 Å². The standard InChI is InChI=1S/C19H40ClN.BrH/c1-4-5-6-7-8-9-10-11-12-13-14-16-19(21(2)3)17-15-18-20;/h19H,4-18H2,1-3H3;1H. The fourth-order valence-electron chi connectivity index (χ4n) is 3.02. The quantitative estimate of drug-likeness (QED) is 0.196. The number of alkyl halides is 1. The van der Waals surface area contributed by atoms with E-state index in [2.05, 4.69) is 25.9 Å². The SMILES string of the molecule is Br.CCCCCCCCCCCCCC(CCCCl)N(C)C. The Bertz CT molecular complexity index is 200. The molecular formula is C19H41BrClN. The van der Waals surface area contributed by atoms with Crippen molar-refractivity contribution in [1.82, 2.24) is 4.90 Å². The highest BCUT2D eigenvalue weighted by atomic mass is 79.9. The lowest BCUT2D eigenvalue weighted by molar-refractivity contribution is 0.256. The molecule has 3 heteroatoms. The van der Waals surface area contributed by atoms with E-state index in [4.69, 9.17) is 11.6 Å². The third-order valence-corrected chi connectivity index (χ3v) is 4.81. The van der Waals surface area contributed by atoms with Crippen molar-refractivity contribution in [2.75, 3.05) is 20.0 Å². The van der Waals surface area contributed by atoms with Crippen LogP contribution in [0.3, 0.4) is 0 Å². The zero-order valence-electron chi connectivity index (χ0n) is 15.4. The molecule has 0 rings (SSSR count). The molecule has 0 heterocycles. The molecule has 0 aromatic heterocycles. The second-order valence-electron chi connectivity index (χ2n) is 6.77.